The number of hydrogen-bond donors (Lipinski definition) is 2. The minimum absolute atomic E-state index is 0.0554. The molecule has 0 fully saturated rings. The summed E-state index contributed by atoms with van der Waals surface area (Å²) in [5, 5.41) is 9.92. The lowest BCUT2D eigenvalue weighted by Gasteiger charge is -2.01. The number of ketones is 1. The van der Waals surface area contributed by atoms with E-state index in [1.807, 2.05) is 0 Å². The molecule has 0 amide bonds. The Balaban J connectivity index is 2.45. The summed E-state index contributed by atoms with van der Waals surface area (Å²) >= 11 is 4.34. The zero-order chi connectivity index (χ0) is 11.7. The van der Waals surface area contributed by atoms with Crippen molar-refractivity contribution in [3.05, 3.63) is 39.3 Å². The molecule has 0 bridgehead atoms. The number of carbonyl (C=O) groups is 1. The monoisotopic (exact) mass is 298 g/mol. The van der Waals surface area contributed by atoms with E-state index in [0.717, 1.165) is 15.8 Å². The Labute approximate surface area is 104 Å². The molecule has 1 heterocycles. The Bertz CT molecular complexity index is 554. The third kappa shape index (κ3) is 2.07. The molecule has 82 valence electrons. The highest BCUT2D eigenvalue weighted by molar-refractivity contribution is 9.10. The second-order valence-electron chi connectivity index (χ2n) is 3.05. The van der Waals surface area contributed by atoms with Crippen molar-refractivity contribution in [3.8, 4) is 5.75 Å². The molecule has 4 nitrogen and oxygen atoms in total. The Morgan fingerprint density at radius 1 is 1.50 bits per heavy atom. The summed E-state index contributed by atoms with van der Waals surface area (Å²) in [5.41, 5.74) is 5.68. The number of rotatable bonds is 2. The van der Waals surface area contributed by atoms with Gasteiger partial charge in [-0.15, -0.1) is 0 Å². The summed E-state index contributed by atoms with van der Waals surface area (Å²) in [7, 11) is 0. The number of aromatic hydroxyl groups is 1. The van der Waals surface area contributed by atoms with Crippen LogP contribution >= 0.6 is 27.3 Å². The maximum atomic E-state index is 12.0. The first-order valence-electron chi connectivity index (χ1n) is 4.32. The van der Waals surface area contributed by atoms with Crippen molar-refractivity contribution in [3.63, 3.8) is 0 Å². The maximum absolute atomic E-state index is 12.0. The molecule has 0 aliphatic rings. The Kier molecular flexibility index (Phi) is 2.93. The smallest absolute Gasteiger partial charge is 0.208 e. The molecule has 0 spiro atoms. The van der Waals surface area contributed by atoms with Gasteiger partial charge in [0.2, 0.25) is 5.78 Å². The van der Waals surface area contributed by atoms with Crippen molar-refractivity contribution in [2.24, 2.45) is 0 Å². The van der Waals surface area contributed by atoms with E-state index in [1.165, 1.54) is 12.3 Å². The molecule has 3 N–H and O–H groups in total. The fraction of sp³-hybridized carbons (Fsp3) is 0. The quantitative estimate of drug-likeness (QED) is 0.835. The lowest BCUT2D eigenvalue weighted by Crippen LogP contribution is -1.99. The molecule has 1 aromatic carbocycles. The van der Waals surface area contributed by atoms with Crippen LogP contribution in [0.1, 0.15) is 15.2 Å². The number of nitrogens with two attached hydrogens (primary N) is 1. The number of nitrogens with zero attached hydrogens (tertiary/aromatic N) is 1. The summed E-state index contributed by atoms with van der Waals surface area (Å²) in [4.78, 5) is 16.2. The second kappa shape index (κ2) is 4.23. The maximum Gasteiger partial charge on any atom is 0.208 e. The SMILES string of the molecule is Nc1ncc(C(=O)c2cc(Br)ccc2O)s1. The highest BCUT2D eigenvalue weighted by Gasteiger charge is 2.16. The molecule has 0 saturated heterocycles. The predicted molar refractivity (Wildman–Crippen MR) is 65.8 cm³/mol. The van der Waals surface area contributed by atoms with Crippen LogP contribution < -0.4 is 5.73 Å². The van der Waals surface area contributed by atoms with Gasteiger partial charge in [0.25, 0.3) is 0 Å². The van der Waals surface area contributed by atoms with E-state index in [0.29, 0.717) is 10.0 Å². The number of halogens is 1. The third-order valence-electron chi connectivity index (χ3n) is 1.95. The Morgan fingerprint density at radius 3 is 2.88 bits per heavy atom. The first-order chi connectivity index (χ1) is 7.58. The second-order valence-corrected chi connectivity index (χ2v) is 5.03. The molecular formula is C10H7BrN2O2S. The fourth-order valence-electron chi connectivity index (χ4n) is 1.22. The van der Waals surface area contributed by atoms with Crippen molar-refractivity contribution in [1.29, 1.82) is 0 Å². The van der Waals surface area contributed by atoms with Gasteiger partial charge in [-0.05, 0) is 18.2 Å². The number of carbonyl (C=O) groups excluding carboxylic acids is 1. The Hall–Kier alpha value is -1.40. The van der Waals surface area contributed by atoms with Crippen molar-refractivity contribution in [2.45, 2.75) is 0 Å². The third-order valence-corrected chi connectivity index (χ3v) is 3.27. The van der Waals surface area contributed by atoms with Gasteiger partial charge in [0.15, 0.2) is 5.13 Å². The van der Waals surface area contributed by atoms with Crippen molar-refractivity contribution in [2.75, 3.05) is 5.73 Å². The van der Waals surface area contributed by atoms with E-state index in [2.05, 4.69) is 20.9 Å². The minimum atomic E-state index is -0.284. The highest BCUT2D eigenvalue weighted by atomic mass is 79.9. The number of hydrogen-bond acceptors (Lipinski definition) is 5. The van der Waals surface area contributed by atoms with Gasteiger partial charge in [-0.1, -0.05) is 27.3 Å². The standard InChI is InChI=1S/C10H7BrN2O2S/c11-5-1-2-7(14)6(3-5)9(15)8-4-13-10(12)16-8/h1-4,14H,(H2,12,13). The lowest BCUT2D eigenvalue weighted by molar-refractivity contribution is 0.103. The summed E-state index contributed by atoms with van der Waals surface area (Å²) < 4.78 is 0.728. The first kappa shape index (κ1) is 11.1. The van der Waals surface area contributed by atoms with Crippen LogP contribution in [0, 0.1) is 0 Å². The van der Waals surface area contributed by atoms with E-state index in [4.69, 9.17) is 5.73 Å². The zero-order valence-corrected chi connectivity index (χ0v) is 10.4. The number of nitrogen functional groups attached to an aromatic ring is 1. The molecule has 0 unspecified atom stereocenters. The van der Waals surface area contributed by atoms with Gasteiger partial charge < -0.3 is 10.8 Å². The molecule has 0 aliphatic heterocycles. The van der Waals surface area contributed by atoms with E-state index < -0.39 is 0 Å². The molecule has 2 rings (SSSR count). The lowest BCUT2D eigenvalue weighted by atomic mass is 10.1. The normalized spacial score (nSPS) is 10.3. The molecule has 0 radical (unpaired) electrons. The van der Waals surface area contributed by atoms with Crippen molar-refractivity contribution >= 4 is 38.2 Å². The zero-order valence-electron chi connectivity index (χ0n) is 7.98. The Morgan fingerprint density at radius 2 is 2.25 bits per heavy atom. The van der Waals surface area contributed by atoms with Crippen LogP contribution in [0.3, 0.4) is 0 Å². The van der Waals surface area contributed by atoms with E-state index in [9.17, 15) is 9.90 Å². The van der Waals surface area contributed by atoms with Crippen LogP contribution in [0.4, 0.5) is 5.13 Å². The van der Waals surface area contributed by atoms with Gasteiger partial charge in [0.1, 0.15) is 5.75 Å². The van der Waals surface area contributed by atoms with Gasteiger partial charge in [0, 0.05) is 4.47 Å². The van der Waals surface area contributed by atoms with Gasteiger partial charge in [-0.25, -0.2) is 4.98 Å². The average molecular weight is 299 g/mol. The molecular weight excluding hydrogens is 292 g/mol. The summed E-state index contributed by atoms with van der Waals surface area (Å²) in [6.07, 6.45) is 1.41. The molecule has 0 saturated carbocycles. The highest BCUT2D eigenvalue weighted by Crippen LogP contribution is 2.26. The molecule has 0 aliphatic carbocycles. The largest absolute Gasteiger partial charge is 0.507 e. The van der Waals surface area contributed by atoms with Gasteiger partial charge in [-0.3, -0.25) is 4.79 Å². The molecule has 2 aromatic rings. The summed E-state index contributed by atoms with van der Waals surface area (Å²) in [5.74, 6) is -0.340. The van der Waals surface area contributed by atoms with Crippen LogP contribution in [-0.4, -0.2) is 15.9 Å². The van der Waals surface area contributed by atoms with Crippen molar-refractivity contribution in [1.82, 2.24) is 4.98 Å². The predicted octanol–water partition coefficient (Wildman–Crippen LogP) is 2.42. The topological polar surface area (TPSA) is 76.2 Å². The fourth-order valence-corrected chi connectivity index (χ4v) is 2.22. The first-order valence-corrected chi connectivity index (χ1v) is 5.93. The van der Waals surface area contributed by atoms with Crippen LogP contribution in [0.25, 0.3) is 0 Å². The van der Waals surface area contributed by atoms with E-state index in [1.54, 1.807) is 12.1 Å². The molecule has 1 aromatic heterocycles. The van der Waals surface area contributed by atoms with Crippen LogP contribution in [0.15, 0.2) is 28.9 Å². The molecule has 0 atom stereocenters. The van der Waals surface area contributed by atoms with Gasteiger partial charge in [0.05, 0.1) is 16.6 Å². The van der Waals surface area contributed by atoms with Crippen LogP contribution in [0.5, 0.6) is 5.75 Å². The molecule has 16 heavy (non-hydrogen) atoms. The number of phenolic OH excluding ortho intramolecular Hbond substituents is 1. The van der Waals surface area contributed by atoms with Crippen molar-refractivity contribution < 1.29 is 9.90 Å². The molecule has 6 heteroatoms. The van der Waals surface area contributed by atoms with E-state index in [-0.39, 0.29) is 17.1 Å². The van der Waals surface area contributed by atoms with Gasteiger partial charge in [-0.2, -0.15) is 0 Å². The minimum Gasteiger partial charge on any atom is -0.507 e. The van der Waals surface area contributed by atoms with Crippen LogP contribution in [0.2, 0.25) is 0 Å². The number of phenols is 1. The summed E-state index contributed by atoms with van der Waals surface area (Å²) in [6, 6.07) is 4.68. The number of anilines is 1. The number of thiazole rings is 1. The van der Waals surface area contributed by atoms with Gasteiger partial charge >= 0.3 is 0 Å². The number of aromatic nitrogens is 1. The van der Waals surface area contributed by atoms with E-state index >= 15 is 0 Å². The summed E-state index contributed by atoms with van der Waals surface area (Å²) in [6.45, 7) is 0. The average Bonchev–Trinajstić information content (AvgIpc) is 2.67. The number of benzene rings is 1. The van der Waals surface area contributed by atoms with Crippen LogP contribution in [-0.2, 0) is 0 Å².